The van der Waals surface area contributed by atoms with Crippen LogP contribution in [0, 0.1) is 41.5 Å². The van der Waals surface area contributed by atoms with Gasteiger partial charge in [0.2, 0.25) is 0 Å². The zero-order valence-corrected chi connectivity index (χ0v) is 48.1. The first-order valence-electron chi connectivity index (χ1n) is 28.9. The van der Waals surface area contributed by atoms with E-state index in [9.17, 15) is 0 Å². The van der Waals surface area contributed by atoms with Gasteiger partial charge in [-0.25, -0.2) is 0 Å². The molecule has 1 N–H and O–H groups in total. The lowest BCUT2D eigenvalue weighted by molar-refractivity contribution is 0.465. The average molecular weight is 1090 g/mol. The summed E-state index contributed by atoms with van der Waals surface area (Å²) in [6.45, 7) is 12.9. The van der Waals surface area contributed by atoms with Crippen LogP contribution in [0.15, 0.2) is 194 Å². The Bertz CT molecular complexity index is 4640. The van der Waals surface area contributed by atoms with Gasteiger partial charge >= 0.3 is 0 Å². The Labute approximate surface area is 490 Å². The molecule has 6 nitrogen and oxygen atoms in total. The van der Waals surface area contributed by atoms with E-state index >= 15 is 0 Å². The molecule has 0 bridgehead atoms. The molecule has 0 saturated heterocycles. The molecule has 0 unspecified atom stereocenters. The van der Waals surface area contributed by atoms with Gasteiger partial charge in [0, 0.05) is 52.3 Å². The Balaban J connectivity index is 0.908. The number of hydrogen-bond acceptors (Lipinski definition) is 7. The monoisotopic (exact) mass is 1090 g/mol. The molecule has 10 heteroatoms. The summed E-state index contributed by atoms with van der Waals surface area (Å²) in [5, 5.41) is 4.10. The molecular formula is C73H54B3N3O3S. The summed E-state index contributed by atoms with van der Waals surface area (Å²) in [5.74, 6) is 5.08. The molecule has 394 valence electrons. The zero-order valence-electron chi connectivity index (χ0n) is 47.2. The molecule has 0 aromatic heterocycles. The number of hydrogen-bond donors (Lipinski definition) is 1. The number of aryl methyl sites for hydroxylation is 6. The highest BCUT2D eigenvalue weighted by Crippen LogP contribution is 2.48. The van der Waals surface area contributed by atoms with Crippen molar-refractivity contribution in [2.24, 2.45) is 0 Å². The van der Waals surface area contributed by atoms with Crippen molar-refractivity contribution in [3.8, 4) is 67.9 Å². The van der Waals surface area contributed by atoms with E-state index in [2.05, 4.69) is 256 Å². The maximum absolute atomic E-state index is 7.46. The molecule has 83 heavy (non-hydrogen) atoms. The Kier molecular flexibility index (Phi) is 10.4. The summed E-state index contributed by atoms with van der Waals surface area (Å²) in [6, 6.07) is 71.8. The molecule has 6 heterocycles. The van der Waals surface area contributed by atoms with Crippen LogP contribution in [0.2, 0.25) is 0 Å². The van der Waals surface area contributed by atoms with Crippen LogP contribution >= 0.6 is 11.9 Å². The molecule has 11 aromatic rings. The summed E-state index contributed by atoms with van der Waals surface area (Å²) >= 11 is 1.72. The van der Waals surface area contributed by atoms with E-state index in [4.69, 9.17) is 14.2 Å². The van der Waals surface area contributed by atoms with E-state index in [1.54, 1.807) is 11.9 Å². The first-order valence-corrected chi connectivity index (χ1v) is 30.0. The van der Waals surface area contributed by atoms with E-state index in [0.717, 1.165) is 95.9 Å². The normalized spacial score (nSPS) is 13.8. The third-order valence-corrected chi connectivity index (χ3v) is 19.4. The van der Waals surface area contributed by atoms with Gasteiger partial charge in [0.1, 0.15) is 34.5 Å². The molecule has 6 aliphatic heterocycles. The van der Waals surface area contributed by atoms with Gasteiger partial charge in [0.15, 0.2) is 0 Å². The fraction of sp³-hybridized carbons (Fsp3) is 0.0959. The van der Waals surface area contributed by atoms with E-state index in [1.165, 1.54) is 94.3 Å². The van der Waals surface area contributed by atoms with E-state index in [1.807, 2.05) is 0 Å². The van der Waals surface area contributed by atoms with Crippen LogP contribution in [0.25, 0.3) is 33.4 Å². The number of rotatable bonds is 5. The molecule has 0 radical (unpaired) electrons. The van der Waals surface area contributed by atoms with E-state index in [0.29, 0.717) is 0 Å². The SMILES string of the molecule is CSN1c2cc3c(cc2B2c4ccccc4Oc4cc(-c5c(C)cccc5C)cc1c42)B1c2cc4c(cc2Oc2cc(-c5c(C)cccc5C)cc(c21)O3)Nc1cc(-c2c(C)cccc2C)cc2c1B4c1ccccc1N2c1ccccc1. The molecule has 0 aliphatic carbocycles. The van der Waals surface area contributed by atoms with Crippen LogP contribution in [-0.2, 0) is 0 Å². The van der Waals surface area contributed by atoms with Gasteiger partial charge in [0.05, 0.1) is 11.4 Å². The summed E-state index contributed by atoms with van der Waals surface area (Å²) in [4.78, 5) is 2.48. The van der Waals surface area contributed by atoms with Gasteiger partial charge in [-0.05, 0) is 225 Å². The minimum Gasteiger partial charge on any atom is -0.458 e. The summed E-state index contributed by atoms with van der Waals surface area (Å²) in [7, 11) is 0. The molecule has 0 fully saturated rings. The second-order valence-corrected chi connectivity index (χ2v) is 24.2. The lowest BCUT2D eigenvalue weighted by Crippen LogP contribution is -2.64. The second kappa shape index (κ2) is 17.9. The van der Waals surface area contributed by atoms with Gasteiger partial charge in [-0.3, -0.25) is 4.31 Å². The van der Waals surface area contributed by atoms with Gasteiger partial charge < -0.3 is 24.4 Å². The van der Waals surface area contributed by atoms with E-state index < -0.39 is 0 Å². The van der Waals surface area contributed by atoms with Crippen molar-refractivity contribution >= 4 is 121 Å². The third-order valence-electron chi connectivity index (χ3n) is 18.7. The molecule has 0 atom stereocenters. The van der Waals surface area contributed by atoms with Gasteiger partial charge in [-0.1, -0.05) is 121 Å². The van der Waals surface area contributed by atoms with Crippen LogP contribution in [-0.4, -0.2) is 26.4 Å². The number of nitrogens with one attached hydrogen (secondary N) is 1. The fourth-order valence-corrected chi connectivity index (χ4v) is 16.0. The zero-order chi connectivity index (χ0) is 55.7. The van der Waals surface area contributed by atoms with Crippen LogP contribution in [0.1, 0.15) is 33.4 Å². The highest BCUT2D eigenvalue weighted by molar-refractivity contribution is 8.00. The van der Waals surface area contributed by atoms with Gasteiger partial charge in [0.25, 0.3) is 20.1 Å². The van der Waals surface area contributed by atoms with Crippen molar-refractivity contribution in [3.05, 3.63) is 228 Å². The number of fused-ring (bicyclic) bond motifs is 12. The Morgan fingerprint density at radius 3 is 1.47 bits per heavy atom. The number of anilines is 7. The predicted molar refractivity (Wildman–Crippen MR) is 351 cm³/mol. The van der Waals surface area contributed by atoms with Crippen LogP contribution in [0.3, 0.4) is 0 Å². The topological polar surface area (TPSA) is 46.2 Å². The van der Waals surface area contributed by atoms with Crippen molar-refractivity contribution in [3.63, 3.8) is 0 Å². The average Bonchev–Trinajstić information content (AvgIpc) is 1.39. The fourth-order valence-electron chi connectivity index (χ4n) is 15.3. The highest BCUT2D eigenvalue weighted by atomic mass is 32.2. The van der Waals surface area contributed by atoms with E-state index in [-0.39, 0.29) is 20.1 Å². The van der Waals surface area contributed by atoms with Crippen molar-refractivity contribution in [2.75, 3.05) is 20.8 Å². The molecule has 0 spiro atoms. The summed E-state index contributed by atoms with van der Waals surface area (Å²) in [6.07, 6.45) is 2.18. The molecule has 17 rings (SSSR count). The standard InChI is InChI=1S/C73H54B3N3O3S/c1-40-18-15-19-41(2)68(40)46-30-57-71-60(31-46)78(49-24-9-8-10-25-49)58-28-13-11-26-50(58)74(71)52-36-54-63(38-56(52)77-57)81-66-34-48(70-44(5)22-17-23-45(70)6)35-67-73(66)76(54)55-37-53-59(39-64(55)82-67)79(83-7)61-32-47(69-42(3)20-16-21-43(69)4)33-65-72(61)75(53)51-27-12-14-29-62(51)80-65/h8-39,77H,1-7H3. The number of benzene rings is 11. The molecular weight excluding hydrogens is 1030 g/mol. The lowest BCUT2D eigenvalue weighted by atomic mass is 9.30. The molecule has 0 amide bonds. The van der Waals surface area contributed by atoms with Crippen molar-refractivity contribution in [2.45, 2.75) is 41.5 Å². The Morgan fingerprint density at radius 1 is 0.337 bits per heavy atom. The number of para-hydroxylation sites is 3. The Morgan fingerprint density at radius 2 is 0.831 bits per heavy atom. The minimum atomic E-state index is -0.230. The quantitative estimate of drug-likeness (QED) is 0.136. The minimum absolute atomic E-state index is 0.0861. The van der Waals surface area contributed by atoms with Gasteiger partial charge in [-0.15, -0.1) is 0 Å². The smallest absolute Gasteiger partial charge is 0.260 e. The van der Waals surface area contributed by atoms with Crippen LogP contribution in [0.5, 0.6) is 34.5 Å². The van der Waals surface area contributed by atoms with Crippen molar-refractivity contribution in [1.29, 1.82) is 0 Å². The first kappa shape index (κ1) is 48.5. The Hall–Kier alpha value is -9.24. The first-order chi connectivity index (χ1) is 40.6. The summed E-state index contributed by atoms with van der Waals surface area (Å²) in [5.41, 5.74) is 32.9. The van der Waals surface area contributed by atoms with Gasteiger partial charge in [-0.2, -0.15) is 0 Å². The number of nitrogens with zero attached hydrogens (tertiary/aromatic N) is 2. The van der Waals surface area contributed by atoms with Crippen LogP contribution < -0.4 is 77.9 Å². The van der Waals surface area contributed by atoms with Crippen LogP contribution in [0.4, 0.5) is 39.8 Å². The summed E-state index contributed by atoms with van der Waals surface area (Å²) < 4.78 is 24.3. The lowest BCUT2D eigenvalue weighted by Gasteiger charge is -2.42. The second-order valence-electron chi connectivity index (χ2n) is 23.5. The maximum atomic E-state index is 7.46. The molecule has 0 saturated carbocycles. The van der Waals surface area contributed by atoms with Crippen molar-refractivity contribution in [1.82, 2.24) is 0 Å². The highest BCUT2D eigenvalue weighted by Gasteiger charge is 2.48. The maximum Gasteiger partial charge on any atom is 0.260 e. The number of ether oxygens (including phenoxy) is 3. The predicted octanol–water partition coefficient (Wildman–Crippen LogP) is 13.0. The molecule has 6 aliphatic rings. The largest absolute Gasteiger partial charge is 0.458 e. The molecule has 11 aromatic carbocycles. The van der Waals surface area contributed by atoms with Crippen molar-refractivity contribution < 1.29 is 14.2 Å². The third kappa shape index (κ3) is 6.96.